The van der Waals surface area contributed by atoms with Gasteiger partial charge in [-0.1, -0.05) is 12.7 Å². The van der Waals surface area contributed by atoms with E-state index in [1.54, 1.807) is 0 Å². The summed E-state index contributed by atoms with van der Waals surface area (Å²) in [5.41, 5.74) is 1.17. The van der Waals surface area contributed by atoms with Crippen molar-refractivity contribution in [3.8, 4) is 0 Å². The van der Waals surface area contributed by atoms with Crippen LogP contribution >= 0.6 is 0 Å². The normalized spacial score (nSPS) is 33.4. The van der Waals surface area contributed by atoms with E-state index in [-0.39, 0.29) is 48.3 Å². The Morgan fingerprint density at radius 2 is 2.17 bits per heavy atom. The van der Waals surface area contributed by atoms with Gasteiger partial charge in [0.1, 0.15) is 18.8 Å². The molecule has 0 aromatic carbocycles. The van der Waals surface area contributed by atoms with Crippen LogP contribution in [0.2, 0.25) is 0 Å². The second-order valence-corrected chi connectivity index (χ2v) is 8.40. The monoisotopic (exact) mass is 403 g/mol. The van der Waals surface area contributed by atoms with Crippen LogP contribution in [0.25, 0.3) is 0 Å². The number of amides is 1. The van der Waals surface area contributed by atoms with Gasteiger partial charge < -0.3 is 19.5 Å². The molecule has 2 saturated heterocycles. The molecule has 1 aliphatic carbocycles. The molecule has 29 heavy (non-hydrogen) atoms. The van der Waals surface area contributed by atoms with Crippen LogP contribution in [-0.2, 0) is 28.6 Å². The van der Waals surface area contributed by atoms with E-state index in [0.717, 1.165) is 24.5 Å². The van der Waals surface area contributed by atoms with E-state index in [1.807, 2.05) is 20.8 Å². The maximum atomic E-state index is 12.0. The summed E-state index contributed by atoms with van der Waals surface area (Å²) in [5, 5.41) is 2.67. The number of carbonyl (C=O) groups is 3. The van der Waals surface area contributed by atoms with Crippen LogP contribution in [0.3, 0.4) is 0 Å². The third-order valence-electron chi connectivity index (χ3n) is 5.64. The van der Waals surface area contributed by atoms with Crippen LogP contribution in [0, 0.1) is 5.92 Å². The zero-order valence-corrected chi connectivity index (χ0v) is 17.2. The third-order valence-corrected chi connectivity index (χ3v) is 5.64. The molecule has 4 atom stereocenters. The van der Waals surface area contributed by atoms with E-state index in [4.69, 9.17) is 14.2 Å². The molecule has 0 unspecified atom stereocenters. The molecule has 2 aliphatic heterocycles. The molecule has 3 aliphatic rings. The van der Waals surface area contributed by atoms with Gasteiger partial charge >= 0.3 is 11.9 Å². The number of hydrogen-bond donors (Lipinski definition) is 1. The van der Waals surface area contributed by atoms with Crippen LogP contribution in [0.5, 0.6) is 0 Å². The summed E-state index contributed by atoms with van der Waals surface area (Å²) in [7, 11) is 0. The van der Waals surface area contributed by atoms with Crippen molar-refractivity contribution in [2.75, 3.05) is 6.61 Å². The summed E-state index contributed by atoms with van der Waals surface area (Å²) < 4.78 is 16.7. The van der Waals surface area contributed by atoms with Crippen LogP contribution in [-0.4, -0.2) is 48.3 Å². The Hall–Kier alpha value is -2.41. The van der Waals surface area contributed by atoms with Gasteiger partial charge in [-0.3, -0.25) is 4.79 Å². The van der Waals surface area contributed by atoms with Crippen LogP contribution in [0.15, 0.2) is 36.0 Å². The number of ether oxygens (including phenoxy) is 3. The van der Waals surface area contributed by atoms with Gasteiger partial charge in [0, 0.05) is 29.7 Å². The standard InChI is InChI=1S/C22H29NO6/c1-13(2)23-17(24)9-10-18(25)27-12-15-6-5-11-22(4)20(29-22)19-16(8-7-15)14(3)21(26)28-19/h6,9-10,13,16,19-20H,3,5,7-8,11-12H2,1-2,4H3,(H,23,24)/b10-9-,15-6+/t16-,19-,20-,22+/m0/s1. The van der Waals surface area contributed by atoms with E-state index in [2.05, 4.69) is 18.0 Å². The fourth-order valence-electron chi connectivity index (χ4n) is 3.94. The van der Waals surface area contributed by atoms with Gasteiger partial charge in [-0.15, -0.1) is 0 Å². The van der Waals surface area contributed by atoms with Gasteiger partial charge in [-0.2, -0.15) is 0 Å². The zero-order valence-electron chi connectivity index (χ0n) is 17.2. The molecule has 1 N–H and O–H groups in total. The molecular formula is C22H29NO6. The maximum absolute atomic E-state index is 12.0. The average Bonchev–Trinajstić information content (AvgIpc) is 3.24. The lowest BCUT2D eigenvalue weighted by molar-refractivity contribution is -0.140. The van der Waals surface area contributed by atoms with Crippen molar-refractivity contribution in [1.29, 1.82) is 0 Å². The molecule has 0 bridgehead atoms. The summed E-state index contributed by atoms with van der Waals surface area (Å²) in [5.74, 6) is -1.34. The van der Waals surface area contributed by atoms with Crippen molar-refractivity contribution in [1.82, 2.24) is 5.32 Å². The molecule has 0 saturated carbocycles. The average molecular weight is 403 g/mol. The number of carbonyl (C=O) groups excluding carboxylic acids is 3. The number of esters is 2. The molecule has 0 aromatic rings. The second kappa shape index (κ2) is 8.53. The van der Waals surface area contributed by atoms with Crippen LogP contribution < -0.4 is 5.32 Å². The number of epoxide rings is 1. The quantitative estimate of drug-likeness (QED) is 0.328. The molecule has 0 aromatic heterocycles. The Kier molecular flexibility index (Phi) is 6.27. The largest absolute Gasteiger partial charge is 0.458 e. The van der Waals surface area contributed by atoms with Gasteiger partial charge in [-0.05, 0) is 52.0 Å². The summed E-state index contributed by atoms with van der Waals surface area (Å²) >= 11 is 0. The Labute approximate surface area is 171 Å². The highest BCUT2D eigenvalue weighted by atomic mass is 16.6. The van der Waals surface area contributed by atoms with Crippen LogP contribution in [0.4, 0.5) is 0 Å². The SMILES string of the molecule is C=C1C(=O)O[C@H]2[C@H]1CC/C(COC(=O)/C=C\C(=O)NC(C)C)=C\CC[C@@]1(C)O[C@@H]21. The van der Waals surface area contributed by atoms with Crippen molar-refractivity contribution < 1.29 is 28.6 Å². The van der Waals surface area contributed by atoms with Crippen molar-refractivity contribution in [2.24, 2.45) is 5.92 Å². The fraction of sp³-hybridized carbons (Fsp3) is 0.591. The first-order valence-corrected chi connectivity index (χ1v) is 10.1. The van der Waals surface area contributed by atoms with E-state index in [1.165, 1.54) is 6.08 Å². The second-order valence-electron chi connectivity index (χ2n) is 8.40. The highest BCUT2D eigenvalue weighted by Gasteiger charge is 2.61. The highest BCUT2D eigenvalue weighted by Crippen LogP contribution is 2.49. The van der Waals surface area contributed by atoms with Gasteiger partial charge in [0.25, 0.3) is 0 Å². The first kappa shape index (κ1) is 21.3. The predicted octanol–water partition coefficient (Wildman–Crippen LogP) is 2.37. The fourth-order valence-corrected chi connectivity index (χ4v) is 3.94. The Morgan fingerprint density at radius 3 is 2.90 bits per heavy atom. The molecule has 2 heterocycles. The minimum absolute atomic E-state index is 0.00167. The Balaban J connectivity index is 1.58. The molecule has 1 amide bonds. The number of rotatable bonds is 5. The van der Waals surface area contributed by atoms with Crippen molar-refractivity contribution >= 4 is 17.8 Å². The third kappa shape index (κ3) is 5.15. The topological polar surface area (TPSA) is 94.2 Å². The molecular weight excluding hydrogens is 374 g/mol. The van der Waals surface area contributed by atoms with E-state index in [0.29, 0.717) is 18.4 Å². The predicted molar refractivity (Wildman–Crippen MR) is 106 cm³/mol. The number of nitrogens with one attached hydrogen (secondary N) is 1. The molecule has 3 rings (SSSR count). The minimum atomic E-state index is -0.568. The maximum Gasteiger partial charge on any atom is 0.334 e. The summed E-state index contributed by atoms with van der Waals surface area (Å²) in [4.78, 5) is 35.5. The zero-order chi connectivity index (χ0) is 21.2. The van der Waals surface area contributed by atoms with Crippen LogP contribution in [0.1, 0.15) is 46.5 Å². The molecule has 0 spiro atoms. The smallest absolute Gasteiger partial charge is 0.334 e. The summed E-state index contributed by atoms with van der Waals surface area (Å²) in [6.45, 7) is 9.76. The van der Waals surface area contributed by atoms with Crippen molar-refractivity contribution in [3.63, 3.8) is 0 Å². The Morgan fingerprint density at radius 1 is 1.41 bits per heavy atom. The molecule has 7 heteroatoms. The van der Waals surface area contributed by atoms with E-state index >= 15 is 0 Å². The molecule has 7 nitrogen and oxygen atoms in total. The minimum Gasteiger partial charge on any atom is -0.458 e. The Bertz CT molecular complexity index is 767. The summed E-state index contributed by atoms with van der Waals surface area (Å²) in [6.07, 6.45) is 6.96. The summed E-state index contributed by atoms with van der Waals surface area (Å²) in [6, 6.07) is -0.00167. The first-order valence-electron chi connectivity index (χ1n) is 10.1. The van der Waals surface area contributed by atoms with Gasteiger partial charge in [-0.25, -0.2) is 9.59 Å². The lowest BCUT2D eigenvalue weighted by Crippen LogP contribution is -2.29. The van der Waals surface area contributed by atoms with Crippen molar-refractivity contribution in [2.45, 2.75) is 70.3 Å². The number of fused-ring (bicyclic) bond motifs is 3. The lowest BCUT2D eigenvalue weighted by atomic mass is 9.84. The van der Waals surface area contributed by atoms with E-state index in [9.17, 15) is 14.4 Å². The number of allylic oxidation sites excluding steroid dienone is 1. The van der Waals surface area contributed by atoms with Crippen molar-refractivity contribution in [3.05, 3.63) is 36.0 Å². The molecule has 0 radical (unpaired) electrons. The number of hydrogen-bond acceptors (Lipinski definition) is 6. The molecule has 2 fully saturated rings. The van der Waals surface area contributed by atoms with Gasteiger partial charge in [0.05, 0.1) is 5.60 Å². The lowest BCUT2D eigenvalue weighted by Gasteiger charge is -2.20. The van der Waals surface area contributed by atoms with Gasteiger partial charge in [0.15, 0.2) is 0 Å². The first-order chi connectivity index (χ1) is 13.7. The van der Waals surface area contributed by atoms with Gasteiger partial charge in [0.2, 0.25) is 5.91 Å². The highest BCUT2D eigenvalue weighted by molar-refractivity contribution is 5.94. The molecule has 158 valence electrons. The van der Waals surface area contributed by atoms with E-state index < -0.39 is 5.97 Å².